The van der Waals surface area contributed by atoms with Crippen LogP contribution in [0.5, 0.6) is 0 Å². The van der Waals surface area contributed by atoms with Gasteiger partial charge in [0.25, 0.3) is 11.5 Å². The molecule has 7 nitrogen and oxygen atoms in total. The number of pyridine rings is 1. The second-order valence-corrected chi connectivity index (χ2v) is 6.20. The molecule has 27 heavy (non-hydrogen) atoms. The largest absolute Gasteiger partial charge is 0.337 e. The van der Waals surface area contributed by atoms with Gasteiger partial charge in [-0.25, -0.2) is 18.6 Å². The van der Waals surface area contributed by atoms with E-state index in [0.717, 1.165) is 16.7 Å². The molecule has 2 aromatic heterocycles. The smallest absolute Gasteiger partial charge is 0.332 e. The molecule has 3 rings (SSSR count). The summed E-state index contributed by atoms with van der Waals surface area (Å²) >= 11 is 0. The lowest BCUT2D eigenvalue weighted by Gasteiger charge is -2.18. The first kappa shape index (κ1) is 18.4. The number of halogens is 2. The number of rotatable bonds is 3. The van der Waals surface area contributed by atoms with Gasteiger partial charge in [0, 0.05) is 45.5 Å². The van der Waals surface area contributed by atoms with Crippen molar-refractivity contribution in [3.63, 3.8) is 0 Å². The van der Waals surface area contributed by atoms with E-state index < -0.39 is 28.8 Å². The van der Waals surface area contributed by atoms with E-state index in [1.807, 2.05) is 0 Å². The molecule has 0 atom stereocenters. The molecule has 0 radical (unpaired) electrons. The van der Waals surface area contributed by atoms with Crippen molar-refractivity contribution in [1.82, 2.24) is 19.0 Å². The van der Waals surface area contributed by atoms with Crippen molar-refractivity contribution in [2.45, 2.75) is 6.54 Å². The second kappa shape index (κ2) is 6.75. The van der Waals surface area contributed by atoms with Gasteiger partial charge in [0.1, 0.15) is 17.3 Å². The zero-order valence-corrected chi connectivity index (χ0v) is 14.9. The molecule has 0 saturated heterocycles. The Bertz CT molecular complexity index is 1180. The number of hydrogen-bond acceptors (Lipinski definition) is 4. The fraction of sp³-hybridized carbons (Fsp3) is 0.222. The molecule has 1 amide bonds. The van der Waals surface area contributed by atoms with Gasteiger partial charge >= 0.3 is 5.69 Å². The summed E-state index contributed by atoms with van der Waals surface area (Å²) in [6, 6.07) is 4.47. The molecule has 1 aromatic carbocycles. The number of amides is 1. The van der Waals surface area contributed by atoms with Gasteiger partial charge < -0.3 is 4.90 Å². The maximum Gasteiger partial charge on any atom is 0.332 e. The minimum atomic E-state index is -0.754. The van der Waals surface area contributed by atoms with Gasteiger partial charge in [-0.05, 0) is 12.1 Å². The van der Waals surface area contributed by atoms with E-state index >= 15 is 0 Å². The molecule has 0 aliphatic heterocycles. The van der Waals surface area contributed by atoms with Crippen LogP contribution in [0.25, 0.3) is 11.0 Å². The van der Waals surface area contributed by atoms with Gasteiger partial charge in [-0.3, -0.25) is 18.7 Å². The number of carbonyl (C=O) groups is 1. The monoisotopic (exact) mass is 374 g/mol. The van der Waals surface area contributed by atoms with E-state index in [0.29, 0.717) is 0 Å². The summed E-state index contributed by atoms with van der Waals surface area (Å²) in [5, 5.41) is 0.117. The van der Waals surface area contributed by atoms with Crippen molar-refractivity contribution in [2.24, 2.45) is 14.1 Å². The molecule has 0 spiro atoms. The highest BCUT2D eigenvalue weighted by atomic mass is 19.1. The van der Waals surface area contributed by atoms with Crippen molar-refractivity contribution in [2.75, 3.05) is 7.05 Å². The minimum absolute atomic E-state index is 0.0890. The van der Waals surface area contributed by atoms with Gasteiger partial charge in [-0.2, -0.15) is 0 Å². The highest BCUT2D eigenvalue weighted by Gasteiger charge is 2.17. The van der Waals surface area contributed by atoms with Crippen LogP contribution < -0.4 is 11.2 Å². The Balaban J connectivity index is 1.98. The third-order valence-electron chi connectivity index (χ3n) is 4.31. The summed E-state index contributed by atoms with van der Waals surface area (Å²) in [7, 11) is 4.26. The summed E-state index contributed by atoms with van der Waals surface area (Å²) in [5.41, 5.74) is -0.667. The molecule has 0 unspecified atom stereocenters. The van der Waals surface area contributed by atoms with Crippen LogP contribution in [-0.4, -0.2) is 32.0 Å². The first-order valence-electron chi connectivity index (χ1n) is 7.96. The van der Waals surface area contributed by atoms with Crippen LogP contribution >= 0.6 is 0 Å². The molecule has 0 fully saturated rings. The molecule has 0 aliphatic carbocycles. The van der Waals surface area contributed by atoms with E-state index in [-0.39, 0.29) is 28.7 Å². The Labute approximate surface area is 152 Å². The number of aryl methyl sites for hydroxylation is 1. The van der Waals surface area contributed by atoms with Crippen LogP contribution in [0.3, 0.4) is 0 Å². The summed E-state index contributed by atoms with van der Waals surface area (Å²) in [4.78, 5) is 42.2. The molecule has 140 valence electrons. The fourth-order valence-electron chi connectivity index (χ4n) is 2.78. The summed E-state index contributed by atoms with van der Waals surface area (Å²) in [5.74, 6) is -1.95. The van der Waals surface area contributed by atoms with Gasteiger partial charge in [0.15, 0.2) is 0 Å². The zero-order valence-electron chi connectivity index (χ0n) is 14.9. The lowest BCUT2D eigenvalue weighted by molar-refractivity contribution is 0.0783. The van der Waals surface area contributed by atoms with Crippen LogP contribution in [0.4, 0.5) is 8.78 Å². The molecular weight excluding hydrogens is 358 g/mol. The van der Waals surface area contributed by atoms with Crippen molar-refractivity contribution in [3.8, 4) is 0 Å². The van der Waals surface area contributed by atoms with Crippen LogP contribution in [-0.2, 0) is 20.6 Å². The van der Waals surface area contributed by atoms with Gasteiger partial charge in [0.2, 0.25) is 0 Å². The highest BCUT2D eigenvalue weighted by Crippen LogP contribution is 2.14. The third-order valence-corrected chi connectivity index (χ3v) is 4.31. The number of aromatic nitrogens is 3. The van der Waals surface area contributed by atoms with Crippen LogP contribution in [0.15, 0.2) is 40.1 Å². The number of carbonyl (C=O) groups excluding carboxylic acids is 1. The second-order valence-electron chi connectivity index (χ2n) is 6.20. The number of hydrogen-bond donors (Lipinski definition) is 0. The quantitative estimate of drug-likeness (QED) is 0.690. The number of nitrogens with zero attached hydrogens (tertiary/aromatic N) is 4. The lowest BCUT2D eigenvalue weighted by Crippen LogP contribution is -2.37. The summed E-state index contributed by atoms with van der Waals surface area (Å²) < 4.78 is 28.9. The highest BCUT2D eigenvalue weighted by molar-refractivity contribution is 5.96. The van der Waals surface area contributed by atoms with Crippen molar-refractivity contribution < 1.29 is 13.6 Å². The molecule has 3 aromatic rings. The van der Waals surface area contributed by atoms with Gasteiger partial charge in [-0.15, -0.1) is 0 Å². The Morgan fingerprint density at radius 2 is 1.85 bits per heavy atom. The van der Waals surface area contributed by atoms with E-state index in [2.05, 4.69) is 4.98 Å². The van der Waals surface area contributed by atoms with E-state index in [1.165, 1.54) is 48.9 Å². The maximum atomic E-state index is 13.8. The molecule has 2 heterocycles. The first-order valence-corrected chi connectivity index (χ1v) is 7.96. The molecule has 0 aliphatic rings. The molecule has 0 saturated carbocycles. The molecule has 0 N–H and O–H groups in total. The predicted octanol–water partition coefficient (Wildman–Crippen LogP) is 1.18. The summed E-state index contributed by atoms with van der Waals surface area (Å²) in [6.07, 6.45) is 1.25. The molecule has 9 heteroatoms. The van der Waals surface area contributed by atoms with Crippen LogP contribution in [0, 0.1) is 11.6 Å². The Morgan fingerprint density at radius 3 is 2.52 bits per heavy atom. The minimum Gasteiger partial charge on any atom is -0.337 e. The Morgan fingerprint density at radius 1 is 1.15 bits per heavy atom. The lowest BCUT2D eigenvalue weighted by atomic mass is 10.1. The zero-order chi connectivity index (χ0) is 19.9. The third kappa shape index (κ3) is 3.23. The van der Waals surface area contributed by atoms with Crippen molar-refractivity contribution in [3.05, 3.63) is 74.1 Å². The van der Waals surface area contributed by atoms with Gasteiger partial charge in [0.05, 0.1) is 10.9 Å². The Hall–Kier alpha value is -3.36. The first-order chi connectivity index (χ1) is 12.7. The SMILES string of the molecule is CN(Cc1ccc(F)cc1F)C(=O)c1cnc2c(c1)c(=O)n(C)c(=O)n2C. The van der Waals surface area contributed by atoms with Crippen LogP contribution in [0.1, 0.15) is 15.9 Å². The Kier molecular flexibility index (Phi) is 4.61. The van der Waals surface area contributed by atoms with E-state index in [9.17, 15) is 23.2 Å². The van der Waals surface area contributed by atoms with Crippen LogP contribution in [0.2, 0.25) is 0 Å². The van der Waals surface area contributed by atoms with Gasteiger partial charge in [-0.1, -0.05) is 6.07 Å². The molecule has 0 bridgehead atoms. The van der Waals surface area contributed by atoms with E-state index in [4.69, 9.17) is 0 Å². The number of fused-ring (bicyclic) bond motifs is 1. The topological polar surface area (TPSA) is 77.2 Å². The number of benzene rings is 1. The van der Waals surface area contributed by atoms with Crippen molar-refractivity contribution in [1.29, 1.82) is 0 Å². The average Bonchev–Trinajstić information content (AvgIpc) is 2.65. The molecular formula is C18H16F2N4O3. The standard InChI is InChI=1S/C18H16F2N4O3/c1-22(9-10-4-5-12(19)7-14(10)20)16(25)11-6-13-15(21-8-11)23(2)18(27)24(3)17(13)26/h4-8H,9H2,1-3H3. The average molecular weight is 374 g/mol. The summed E-state index contributed by atoms with van der Waals surface area (Å²) in [6.45, 7) is -0.0890. The predicted molar refractivity (Wildman–Crippen MR) is 94.4 cm³/mol. The van der Waals surface area contributed by atoms with Crippen molar-refractivity contribution >= 4 is 16.9 Å². The fourth-order valence-corrected chi connectivity index (χ4v) is 2.78. The maximum absolute atomic E-state index is 13.8. The normalized spacial score (nSPS) is 11.0. The van der Waals surface area contributed by atoms with E-state index in [1.54, 1.807) is 0 Å².